The van der Waals surface area contributed by atoms with Gasteiger partial charge in [-0.25, -0.2) is 13.1 Å². The van der Waals surface area contributed by atoms with Crippen molar-refractivity contribution < 1.29 is 13.2 Å². The molecule has 18 heavy (non-hydrogen) atoms. The number of nitrogens with zero attached hydrogens (tertiary/aromatic N) is 2. The second-order valence-corrected chi connectivity index (χ2v) is 6.02. The van der Waals surface area contributed by atoms with Crippen molar-refractivity contribution in [2.24, 2.45) is 13.0 Å². The van der Waals surface area contributed by atoms with Crippen molar-refractivity contribution in [2.45, 2.75) is 39.0 Å². The third-order valence-corrected chi connectivity index (χ3v) is 4.60. The van der Waals surface area contributed by atoms with Crippen LogP contribution in [0, 0.1) is 19.8 Å². The number of carbonyl (C=O) groups is 1. The summed E-state index contributed by atoms with van der Waals surface area (Å²) in [4.78, 5) is 11.8. The molecule has 0 aliphatic heterocycles. The second kappa shape index (κ2) is 5.09. The normalized spacial score (nSPS) is 13.4. The zero-order valence-electron chi connectivity index (χ0n) is 11.3. The molecule has 1 aromatic heterocycles. The molecule has 1 rings (SSSR count). The summed E-state index contributed by atoms with van der Waals surface area (Å²) in [6, 6.07) is 0. The van der Waals surface area contributed by atoms with E-state index in [0.29, 0.717) is 17.8 Å². The summed E-state index contributed by atoms with van der Waals surface area (Å²) in [6.07, 6.45) is 0.590. The zero-order valence-corrected chi connectivity index (χ0v) is 12.1. The minimum atomic E-state index is -3.84. The topological polar surface area (TPSA) is 81.1 Å². The Hall–Kier alpha value is -1.37. The van der Waals surface area contributed by atoms with Crippen molar-refractivity contribution in [2.75, 3.05) is 0 Å². The van der Waals surface area contributed by atoms with Crippen LogP contribution in [0.15, 0.2) is 4.90 Å². The summed E-state index contributed by atoms with van der Waals surface area (Å²) < 4.78 is 27.8. The predicted molar refractivity (Wildman–Crippen MR) is 67.5 cm³/mol. The molecule has 1 atom stereocenters. The molecule has 1 aromatic rings. The molecule has 1 amide bonds. The molecular formula is C11H19N3O3S. The maximum Gasteiger partial charge on any atom is 0.267 e. The lowest BCUT2D eigenvalue weighted by atomic mass is 10.1. The Bertz CT molecular complexity index is 560. The first-order valence-electron chi connectivity index (χ1n) is 5.77. The maximum atomic E-state index is 12.1. The fourth-order valence-electron chi connectivity index (χ4n) is 1.61. The molecule has 0 radical (unpaired) electrons. The Morgan fingerprint density at radius 3 is 2.39 bits per heavy atom. The molecule has 102 valence electrons. The van der Waals surface area contributed by atoms with E-state index in [4.69, 9.17) is 0 Å². The number of carbonyl (C=O) groups excluding carboxylic acids is 1. The minimum absolute atomic E-state index is 0.0849. The van der Waals surface area contributed by atoms with E-state index < -0.39 is 15.9 Å². The van der Waals surface area contributed by atoms with Gasteiger partial charge in [0.05, 0.1) is 11.4 Å². The van der Waals surface area contributed by atoms with Crippen LogP contribution in [0.5, 0.6) is 0 Å². The number of nitrogens with one attached hydrogen (secondary N) is 1. The molecule has 7 heteroatoms. The van der Waals surface area contributed by atoms with E-state index >= 15 is 0 Å². The molecule has 0 saturated heterocycles. The standard InChI is InChI=1S/C11H19N3O3S/c1-6-7(2)11(15)13-18(16,17)10-8(3)12-14(5)9(10)4/h7H,6H2,1-5H3,(H,13,15). The highest BCUT2D eigenvalue weighted by atomic mass is 32.2. The lowest BCUT2D eigenvalue weighted by Crippen LogP contribution is -2.35. The number of rotatable bonds is 4. The SMILES string of the molecule is CCC(C)C(=O)NS(=O)(=O)c1c(C)nn(C)c1C. The van der Waals surface area contributed by atoms with Gasteiger partial charge in [0, 0.05) is 13.0 Å². The van der Waals surface area contributed by atoms with Gasteiger partial charge in [-0.2, -0.15) is 5.10 Å². The van der Waals surface area contributed by atoms with Crippen LogP contribution in [0.3, 0.4) is 0 Å². The van der Waals surface area contributed by atoms with E-state index in [9.17, 15) is 13.2 Å². The van der Waals surface area contributed by atoms with Crippen LogP contribution in [0.2, 0.25) is 0 Å². The monoisotopic (exact) mass is 273 g/mol. The van der Waals surface area contributed by atoms with Crippen molar-refractivity contribution in [1.29, 1.82) is 0 Å². The summed E-state index contributed by atoms with van der Waals surface area (Å²) in [7, 11) is -2.17. The molecule has 0 fully saturated rings. The van der Waals surface area contributed by atoms with Gasteiger partial charge in [-0.15, -0.1) is 0 Å². The molecule has 0 aliphatic rings. The average Bonchev–Trinajstić information content (AvgIpc) is 2.51. The van der Waals surface area contributed by atoms with E-state index in [1.165, 1.54) is 4.68 Å². The van der Waals surface area contributed by atoms with Crippen LogP contribution in [0.4, 0.5) is 0 Å². The number of sulfonamides is 1. The molecule has 6 nitrogen and oxygen atoms in total. The van der Waals surface area contributed by atoms with Crippen molar-refractivity contribution in [3.05, 3.63) is 11.4 Å². The number of aromatic nitrogens is 2. The van der Waals surface area contributed by atoms with Gasteiger partial charge in [-0.3, -0.25) is 9.48 Å². The summed E-state index contributed by atoms with van der Waals surface area (Å²) in [5.41, 5.74) is 0.899. The smallest absolute Gasteiger partial charge is 0.267 e. The third-order valence-electron chi connectivity index (χ3n) is 3.01. The lowest BCUT2D eigenvalue weighted by Gasteiger charge is -2.10. The van der Waals surface area contributed by atoms with Crippen LogP contribution >= 0.6 is 0 Å². The van der Waals surface area contributed by atoms with Gasteiger partial charge >= 0.3 is 0 Å². The molecule has 1 unspecified atom stereocenters. The first-order valence-corrected chi connectivity index (χ1v) is 7.25. The number of hydrogen-bond donors (Lipinski definition) is 1. The van der Waals surface area contributed by atoms with Crippen LogP contribution in [-0.4, -0.2) is 24.1 Å². The summed E-state index contributed by atoms with van der Waals surface area (Å²) in [5.74, 6) is -0.822. The Morgan fingerprint density at radius 2 is 2.00 bits per heavy atom. The highest BCUT2D eigenvalue weighted by Gasteiger charge is 2.26. The number of aryl methyl sites for hydroxylation is 2. The highest BCUT2D eigenvalue weighted by molar-refractivity contribution is 7.90. The van der Waals surface area contributed by atoms with Crippen molar-refractivity contribution in [3.63, 3.8) is 0 Å². The van der Waals surface area contributed by atoms with Gasteiger partial charge in [0.15, 0.2) is 0 Å². The molecule has 0 bridgehead atoms. The first kappa shape index (κ1) is 14.7. The van der Waals surface area contributed by atoms with Gasteiger partial charge < -0.3 is 0 Å². The Balaban J connectivity index is 3.12. The molecule has 0 spiro atoms. The number of amides is 1. The molecule has 0 aromatic carbocycles. The lowest BCUT2D eigenvalue weighted by molar-refractivity contribution is -0.122. The van der Waals surface area contributed by atoms with E-state index in [0.717, 1.165) is 0 Å². The van der Waals surface area contributed by atoms with Crippen LogP contribution < -0.4 is 4.72 Å². The maximum absolute atomic E-state index is 12.1. The predicted octanol–water partition coefficient (Wildman–Crippen LogP) is 0.888. The van der Waals surface area contributed by atoms with Gasteiger partial charge in [-0.05, 0) is 20.3 Å². The molecule has 1 heterocycles. The molecule has 0 saturated carbocycles. The van der Waals surface area contributed by atoms with E-state index in [2.05, 4.69) is 9.82 Å². The van der Waals surface area contributed by atoms with Crippen molar-refractivity contribution in [1.82, 2.24) is 14.5 Å². The Morgan fingerprint density at radius 1 is 1.44 bits per heavy atom. The van der Waals surface area contributed by atoms with Crippen molar-refractivity contribution in [3.8, 4) is 0 Å². The fraction of sp³-hybridized carbons (Fsp3) is 0.636. The highest BCUT2D eigenvalue weighted by Crippen LogP contribution is 2.18. The summed E-state index contributed by atoms with van der Waals surface area (Å²) >= 11 is 0. The zero-order chi connectivity index (χ0) is 14.1. The number of hydrogen-bond acceptors (Lipinski definition) is 4. The minimum Gasteiger partial charge on any atom is -0.274 e. The van der Waals surface area contributed by atoms with Gasteiger partial charge in [-0.1, -0.05) is 13.8 Å². The first-order chi connectivity index (χ1) is 8.20. The largest absolute Gasteiger partial charge is 0.274 e. The van der Waals surface area contributed by atoms with E-state index in [-0.39, 0.29) is 10.8 Å². The quantitative estimate of drug-likeness (QED) is 0.883. The van der Waals surface area contributed by atoms with Gasteiger partial charge in [0.25, 0.3) is 10.0 Å². The third kappa shape index (κ3) is 2.72. The van der Waals surface area contributed by atoms with Crippen LogP contribution in [0.1, 0.15) is 31.7 Å². The molecule has 0 aliphatic carbocycles. The van der Waals surface area contributed by atoms with E-state index in [1.54, 1.807) is 27.8 Å². The fourth-order valence-corrected chi connectivity index (χ4v) is 3.13. The van der Waals surface area contributed by atoms with Crippen LogP contribution in [-0.2, 0) is 21.9 Å². The molecular weight excluding hydrogens is 254 g/mol. The summed E-state index contributed by atoms with van der Waals surface area (Å²) in [6.45, 7) is 6.78. The van der Waals surface area contributed by atoms with Crippen molar-refractivity contribution >= 4 is 15.9 Å². The van der Waals surface area contributed by atoms with Gasteiger partial charge in [0.2, 0.25) is 5.91 Å². The van der Waals surface area contributed by atoms with Crippen LogP contribution in [0.25, 0.3) is 0 Å². The Labute approximate surface area is 107 Å². The average molecular weight is 273 g/mol. The van der Waals surface area contributed by atoms with Gasteiger partial charge in [0.1, 0.15) is 4.90 Å². The Kier molecular flexibility index (Phi) is 4.16. The molecule has 1 N–H and O–H groups in total. The second-order valence-electron chi connectivity index (χ2n) is 4.40. The summed E-state index contributed by atoms with van der Waals surface area (Å²) in [5, 5.41) is 4.04. The van der Waals surface area contributed by atoms with E-state index in [1.807, 2.05) is 6.92 Å².